The highest BCUT2D eigenvalue weighted by Gasteiger charge is 2.33. The van der Waals surface area contributed by atoms with Crippen LogP contribution in [-0.2, 0) is 19.3 Å². The van der Waals surface area contributed by atoms with E-state index in [1.807, 2.05) is 30.3 Å². The van der Waals surface area contributed by atoms with Crippen molar-refractivity contribution in [3.8, 4) is 0 Å². The van der Waals surface area contributed by atoms with Gasteiger partial charge in [-0.3, -0.25) is 10.00 Å². The van der Waals surface area contributed by atoms with E-state index in [1.165, 1.54) is 30.1 Å². The zero-order chi connectivity index (χ0) is 20.1. The summed E-state index contributed by atoms with van der Waals surface area (Å²) in [7, 11) is 1.43. The van der Waals surface area contributed by atoms with Crippen molar-refractivity contribution in [2.45, 2.75) is 19.3 Å². The minimum absolute atomic E-state index is 0.0299. The van der Waals surface area contributed by atoms with Crippen LogP contribution < -0.4 is 5.32 Å². The van der Waals surface area contributed by atoms with Crippen molar-refractivity contribution in [2.24, 2.45) is 0 Å². The van der Waals surface area contributed by atoms with Crippen LogP contribution in [-0.4, -0.2) is 27.8 Å². The second-order valence-corrected chi connectivity index (χ2v) is 6.33. The fourth-order valence-corrected chi connectivity index (χ4v) is 2.75. The molecule has 146 valence electrons. The topological polar surface area (TPSA) is 50.2 Å². The molecule has 0 aliphatic heterocycles. The van der Waals surface area contributed by atoms with Crippen LogP contribution >= 0.6 is 0 Å². The molecule has 0 bridgehead atoms. The van der Waals surface area contributed by atoms with Crippen molar-refractivity contribution in [2.75, 3.05) is 12.4 Å². The number of anilines is 1. The Morgan fingerprint density at radius 2 is 1.75 bits per heavy atom. The monoisotopic (exact) mass is 388 g/mol. The van der Waals surface area contributed by atoms with E-state index in [0.29, 0.717) is 12.4 Å². The fraction of sp³-hybridized carbons (Fsp3) is 0.200. The Morgan fingerprint density at radius 3 is 2.46 bits per heavy atom. The van der Waals surface area contributed by atoms with Crippen molar-refractivity contribution in [3.63, 3.8) is 0 Å². The number of hydrogen-bond donors (Lipinski definition) is 1. The Balaban J connectivity index is 1.63. The number of carbonyl (C=O) groups excluding carboxylic acids is 1. The standard InChI is InChI=1S/C20H19F3N4O/c1-26(14-16-9-5-6-10-17(16)20(21,22)23)19(28)24-18-11-12-27(25-18)13-15-7-3-2-4-8-15/h2-12H,13-14H2,1H3,(H,24,25,28). The highest BCUT2D eigenvalue weighted by molar-refractivity contribution is 5.88. The highest BCUT2D eigenvalue weighted by Crippen LogP contribution is 2.32. The molecule has 1 heterocycles. The molecule has 1 N–H and O–H groups in total. The minimum Gasteiger partial charge on any atom is -0.323 e. The molecule has 0 radical (unpaired) electrons. The second kappa shape index (κ2) is 8.16. The van der Waals surface area contributed by atoms with Gasteiger partial charge >= 0.3 is 12.2 Å². The summed E-state index contributed by atoms with van der Waals surface area (Å²) in [5.74, 6) is 0.330. The maximum atomic E-state index is 13.1. The summed E-state index contributed by atoms with van der Waals surface area (Å²) in [5, 5.41) is 6.87. The molecule has 0 aliphatic carbocycles. The largest absolute Gasteiger partial charge is 0.416 e. The number of urea groups is 1. The number of nitrogens with zero attached hydrogens (tertiary/aromatic N) is 3. The first-order valence-corrected chi connectivity index (χ1v) is 8.57. The van der Waals surface area contributed by atoms with E-state index >= 15 is 0 Å². The molecule has 3 rings (SSSR count). The van der Waals surface area contributed by atoms with Crippen LogP contribution in [0.1, 0.15) is 16.7 Å². The molecule has 3 aromatic rings. The number of halogens is 3. The third kappa shape index (κ3) is 4.91. The lowest BCUT2D eigenvalue weighted by Gasteiger charge is -2.20. The van der Waals surface area contributed by atoms with Gasteiger partial charge in [-0.2, -0.15) is 18.3 Å². The van der Waals surface area contributed by atoms with Crippen molar-refractivity contribution in [1.29, 1.82) is 0 Å². The number of amides is 2. The summed E-state index contributed by atoms with van der Waals surface area (Å²) in [4.78, 5) is 13.5. The molecule has 0 saturated heterocycles. The number of rotatable bonds is 5. The van der Waals surface area contributed by atoms with Crippen LogP contribution in [0.5, 0.6) is 0 Å². The van der Waals surface area contributed by atoms with Gasteiger partial charge in [0.25, 0.3) is 0 Å². The molecule has 0 fully saturated rings. The minimum atomic E-state index is -4.47. The molecule has 28 heavy (non-hydrogen) atoms. The predicted octanol–water partition coefficient (Wildman–Crippen LogP) is 4.61. The first-order chi connectivity index (χ1) is 13.3. The number of benzene rings is 2. The lowest BCUT2D eigenvalue weighted by atomic mass is 10.1. The van der Waals surface area contributed by atoms with Gasteiger partial charge in [-0.15, -0.1) is 0 Å². The maximum absolute atomic E-state index is 13.1. The second-order valence-electron chi connectivity index (χ2n) is 6.33. The van der Waals surface area contributed by atoms with E-state index in [4.69, 9.17) is 0 Å². The molecule has 0 saturated carbocycles. The van der Waals surface area contributed by atoms with E-state index in [2.05, 4.69) is 10.4 Å². The summed E-state index contributed by atoms with van der Waals surface area (Å²) in [6.45, 7) is 0.373. The first-order valence-electron chi connectivity index (χ1n) is 8.57. The van der Waals surface area contributed by atoms with E-state index in [9.17, 15) is 18.0 Å². The number of carbonyl (C=O) groups is 1. The SMILES string of the molecule is CN(Cc1ccccc1C(F)(F)F)C(=O)Nc1ccn(Cc2ccccc2)n1. The Hall–Kier alpha value is -3.29. The van der Waals surface area contributed by atoms with Gasteiger partial charge in [0.05, 0.1) is 12.1 Å². The molecule has 5 nitrogen and oxygen atoms in total. The Labute approximate surface area is 160 Å². The van der Waals surface area contributed by atoms with Crippen LogP contribution in [0.25, 0.3) is 0 Å². The van der Waals surface area contributed by atoms with Crippen LogP contribution in [0, 0.1) is 0 Å². The number of alkyl halides is 3. The Morgan fingerprint density at radius 1 is 1.07 bits per heavy atom. The molecule has 0 spiro atoms. The summed E-state index contributed by atoms with van der Waals surface area (Å²) in [5.41, 5.74) is 0.341. The zero-order valence-electron chi connectivity index (χ0n) is 15.1. The third-order valence-electron chi connectivity index (χ3n) is 4.14. The fourth-order valence-electron chi connectivity index (χ4n) is 2.75. The van der Waals surface area contributed by atoms with Crippen molar-refractivity contribution in [1.82, 2.24) is 14.7 Å². The maximum Gasteiger partial charge on any atom is 0.416 e. The van der Waals surface area contributed by atoms with Crippen molar-refractivity contribution < 1.29 is 18.0 Å². The summed E-state index contributed by atoms with van der Waals surface area (Å²) >= 11 is 0. The number of hydrogen-bond acceptors (Lipinski definition) is 2. The molecule has 8 heteroatoms. The lowest BCUT2D eigenvalue weighted by molar-refractivity contribution is -0.138. The molecule has 0 aliphatic rings. The van der Waals surface area contributed by atoms with Crippen molar-refractivity contribution >= 4 is 11.8 Å². The lowest BCUT2D eigenvalue weighted by Crippen LogP contribution is -2.31. The number of nitrogens with one attached hydrogen (secondary N) is 1. The summed E-state index contributed by atoms with van der Waals surface area (Å²) < 4.78 is 41.0. The molecular formula is C20H19F3N4O. The van der Waals surface area contributed by atoms with E-state index < -0.39 is 17.8 Å². The van der Waals surface area contributed by atoms with Crippen LogP contribution in [0.4, 0.5) is 23.8 Å². The summed E-state index contributed by atoms with van der Waals surface area (Å²) in [6, 6.07) is 16.0. The van der Waals surface area contributed by atoms with E-state index in [1.54, 1.807) is 16.9 Å². The normalized spacial score (nSPS) is 11.3. The molecule has 2 aromatic carbocycles. The summed E-state index contributed by atoms with van der Waals surface area (Å²) in [6.07, 6.45) is -2.74. The van der Waals surface area contributed by atoms with Crippen LogP contribution in [0.15, 0.2) is 66.9 Å². The van der Waals surface area contributed by atoms with Gasteiger partial charge in [0, 0.05) is 25.9 Å². The molecular weight excluding hydrogens is 369 g/mol. The molecule has 1 aromatic heterocycles. The van der Waals surface area contributed by atoms with Gasteiger partial charge in [-0.1, -0.05) is 48.5 Å². The van der Waals surface area contributed by atoms with Gasteiger partial charge < -0.3 is 4.90 Å². The van der Waals surface area contributed by atoms with Crippen LogP contribution in [0.2, 0.25) is 0 Å². The first kappa shape index (κ1) is 19.5. The highest BCUT2D eigenvalue weighted by atomic mass is 19.4. The van der Waals surface area contributed by atoms with Gasteiger partial charge in [-0.05, 0) is 17.2 Å². The molecule has 2 amide bonds. The Kier molecular flexibility index (Phi) is 5.67. The Bertz CT molecular complexity index is 938. The average Bonchev–Trinajstić information content (AvgIpc) is 3.09. The molecule has 0 atom stereocenters. The van der Waals surface area contributed by atoms with Gasteiger partial charge in [0.15, 0.2) is 5.82 Å². The third-order valence-corrected chi connectivity index (χ3v) is 4.14. The van der Waals surface area contributed by atoms with Crippen LogP contribution in [0.3, 0.4) is 0 Å². The van der Waals surface area contributed by atoms with E-state index in [-0.39, 0.29) is 12.1 Å². The van der Waals surface area contributed by atoms with Gasteiger partial charge in [0.2, 0.25) is 0 Å². The van der Waals surface area contributed by atoms with Crippen molar-refractivity contribution in [3.05, 3.63) is 83.6 Å². The molecule has 0 unspecified atom stereocenters. The smallest absolute Gasteiger partial charge is 0.323 e. The van der Waals surface area contributed by atoms with Gasteiger partial charge in [0.1, 0.15) is 0 Å². The predicted molar refractivity (Wildman–Crippen MR) is 99.7 cm³/mol. The quantitative estimate of drug-likeness (QED) is 0.694. The van der Waals surface area contributed by atoms with Gasteiger partial charge in [-0.25, -0.2) is 4.79 Å². The number of aromatic nitrogens is 2. The average molecular weight is 388 g/mol. The zero-order valence-corrected chi connectivity index (χ0v) is 15.1. The van der Waals surface area contributed by atoms with E-state index in [0.717, 1.165) is 11.6 Å².